The van der Waals surface area contributed by atoms with Crippen molar-refractivity contribution < 1.29 is 19.4 Å². The van der Waals surface area contributed by atoms with E-state index in [9.17, 15) is 4.79 Å². The fraction of sp³-hybridized carbons (Fsp3) is 0.300. The molecular formula is C10H10Cl2O4. The number of carboxylic acid groups (broad SMARTS) is 1. The van der Waals surface area contributed by atoms with Crippen LogP contribution in [0.2, 0.25) is 10.0 Å². The number of rotatable bonds is 5. The first-order valence-electron chi connectivity index (χ1n) is 4.36. The molecule has 0 saturated heterocycles. The third-order valence-corrected chi connectivity index (χ3v) is 2.46. The van der Waals surface area contributed by atoms with Crippen LogP contribution in [0.25, 0.3) is 0 Å². The van der Waals surface area contributed by atoms with Gasteiger partial charge in [0.1, 0.15) is 5.75 Å². The van der Waals surface area contributed by atoms with Crippen LogP contribution in [0.5, 0.6) is 5.75 Å². The van der Waals surface area contributed by atoms with Crippen LogP contribution in [0.3, 0.4) is 0 Å². The molecule has 0 aliphatic rings. The van der Waals surface area contributed by atoms with Gasteiger partial charge in [-0.25, -0.2) is 0 Å². The Hall–Kier alpha value is -0.970. The van der Waals surface area contributed by atoms with Crippen LogP contribution in [0.15, 0.2) is 12.1 Å². The van der Waals surface area contributed by atoms with E-state index in [4.69, 9.17) is 37.8 Å². The highest BCUT2D eigenvalue weighted by Gasteiger charge is 2.15. The molecule has 1 aromatic rings. The Balaban J connectivity index is 3.09. The second-order valence-electron chi connectivity index (χ2n) is 2.96. The lowest BCUT2D eigenvalue weighted by atomic mass is 10.1. The Labute approximate surface area is 103 Å². The summed E-state index contributed by atoms with van der Waals surface area (Å²) in [6, 6.07) is 3.07. The highest BCUT2D eigenvalue weighted by Crippen LogP contribution is 2.34. The number of benzene rings is 1. The van der Waals surface area contributed by atoms with Crippen molar-refractivity contribution in [3.05, 3.63) is 27.7 Å². The second kappa shape index (κ2) is 5.94. The lowest BCUT2D eigenvalue weighted by molar-refractivity contribution is -0.136. The lowest BCUT2D eigenvalue weighted by Gasteiger charge is -2.12. The molecule has 0 fully saturated rings. The van der Waals surface area contributed by atoms with E-state index in [1.165, 1.54) is 13.2 Å². The smallest absolute Gasteiger partial charge is 0.308 e. The van der Waals surface area contributed by atoms with Gasteiger partial charge in [0, 0.05) is 17.7 Å². The first kappa shape index (κ1) is 13.1. The minimum absolute atomic E-state index is 0.0211. The summed E-state index contributed by atoms with van der Waals surface area (Å²) in [7, 11) is 1.45. The molecule has 0 spiro atoms. The van der Waals surface area contributed by atoms with E-state index in [0.29, 0.717) is 15.6 Å². The zero-order valence-electron chi connectivity index (χ0n) is 8.50. The van der Waals surface area contributed by atoms with Crippen LogP contribution < -0.4 is 4.74 Å². The number of ether oxygens (including phenoxy) is 2. The fourth-order valence-electron chi connectivity index (χ4n) is 1.17. The molecule has 0 aliphatic heterocycles. The largest absolute Gasteiger partial charge is 0.481 e. The molecule has 0 aromatic heterocycles. The van der Waals surface area contributed by atoms with Crippen molar-refractivity contribution in [2.45, 2.75) is 6.42 Å². The zero-order chi connectivity index (χ0) is 12.1. The number of hydrogen-bond acceptors (Lipinski definition) is 3. The quantitative estimate of drug-likeness (QED) is 0.831. The predicted molar refractivity (Wildman–Crippen MR) is 60.3 cm³/mol. The Bertz CT molecular complexity index is 393. The summed E-state index contributed by atoms with van der Waals surface area (Å²) in [5.41, 5.74) is 0.346. The van der Waals surface area contributed by atoms with Crippen LogP contribution >= 0.6 is 23.2 Å². The van der Waals surface area contributed by atoms with Crippen molar-refractivity contribution in [3.8, 4) is 5.75 Å². The third kappa shape index (κ3) is 3.27. The predicted octanol–water partition coefficient (Wildman–Crippen LogP) is 2.60. The fourth-order valence-corrected chi connectivity index (χ4v) is 1.61. The topological polar surface area (TPSA) is 55.8 Å². The molecule has 4 nitrogen and oxygen atoms in total. The molecular weight excluding hydrogens is 255 g/mol. The molecule has 1 N–H and O–H groups in total. The average molecular weight is 265 g/mol. The summed E-state index contributed by atoms with van der Waals surface area (Å²) in [6.45, 7) is -0.0211. The molecule has 1 rings (SSSR count). The van der Waals surface area contributed by atoms with Crippen LogP contribution in [-0.4, -0.2) is 25.0 Å². The van der Waals surface area contributed by atoms with E-state index in [1.807, 2.05) is 0 Å². The molecule has 0 unspecified atom stereocenters. The molecule has 0 heterocycles. The van der Waals surface area contributed by atoms with E-state index >= 15 is 0 Å². The lowest BCUT2D eigenvalue weighted by Crippen LogP contribution is -2.07. The Morgan fingerprint density at radius 2 is 2.00 bits per heavy atom. The van der Waals surface area contributed by atoms with Crippen molar-refractivity contribution in [1.29, 1.82) is 0 Å². The highest BCUT2D eigenvalue weighted by atomic mass is 35.5. The van der Waals surface area contributed by atoms with Gasteiger partial charge < -0.3 is 14.6 Å². The number of carbonyl (C=O) groups is 1. The van der Waals surface area contributed by atoms with Gasteiger partial charge in [0.25, 0.3) is 0 Å². The van der Waals surface area contributed by atoms with Crippen LogP contribution in [0.1, 0.15) is 5.56 Å². The van der Waals surface area contributed by atoms with Gasteiger partial charge in [-0.1, -0.05) is 23.2 Å². The van der Waals surface area contributed by atoms with E-state index in [1.54, 1.807) is 6.07 Å². The monoisotopic (exact) mass is 264 g/mol. The van der Waals surface area contributed by atoms with E-state index in [-0.39, 0.29) is 19.0 Å². The van der Waals surface area contributed by atoms with Gasteiger partial charge in [0.15, 0.2) is 6.79 Å². The molecule has 0 bridgehead atoms. The first-order chi connectivity index (χ1) is 7.56. The average Bonchev–Trinajstić information content (AvgIpc) is 2.22. The van der Waals surface area contributed by atoms with E-state index in [2.05, 4.69) is 0 Å². The number of halogens is 2. The van der Waals surface area contributed by atoms with Crippen molar-refractivity contribution in [3.63, 3.8) is 0 Å². The van der Waals surface area contributed by atoms with Gasteiger partial charge in [-0.05, 0) is 12.1 Å². The Morgan fingerprint density at radius 1 is 1.38 bits per heavy atom. The number of hydrogen-bond donors (Lipinski definition) is 1. The van der Waals surface area contributed by atoms with Gasteiger partial charge in [0.05, 0.1) is 11.4 Å². The standard InChI is InChI=1S/C10H10Cl2O4/c1-15-5-16-10-6(4-9(13)14)7(11)2-3-8(10)12/h2-3H,4-5H2,1H3,(H,13,14). The van der Waals surface area contributed by atoms with Gasteiger partial charge in [-0.15, -0.1) is 0 Å². The summed E-state index contributed by atoms with van der Waals surface area (Å²) < 4.78 is 9.93. The summed E-state index contributed by atoms with van der Waals surface area (Å²) in [5, 5.41) is 9.35. The van der Waals surface area contributed by atoms with Gasteiger partial charge in [-0.2, -0.15) is 0 Å². The minimum atomic E-state index is -1.01. The van der Waals surface area contributed by atoms with Crippen molar-refractivity contribution >= 4 is 29.2 Å². The molecule has 0 atom stereocenters. The van der Waals surface area contributed by atoms with Gasteiger partial charge in [0.2, 0.25) is 0 Å². The first-order valence-corrected chi connectivity index (χ1v) is 5.12. The normalized spacial score (nSPS) is 10.2. The van der Waals surface area contributed by atoms with Crippen molar-refractivity contribution in [2.24, 2.45) is 0 Å². The number of aliphatic carboxylic acids is 1. The van der Waals surface area contributed by atoms with Crippen LogP contribution in [0.4, 0.5) is 0 Å². The summed E-state index contributed by atoms with van der Waals surface area (Å²) in [6.07, 6.45) is -0.252. The summed E-state index contributed by atoms with van der Waals surface area (Å²) in [4.78, 5) is 10.7. The molecule has 0 aliphatic carbocycles. The maximum absolute atomic E-state index is 10.7. The molecule has 0 radical (unpaired) electrons. The summed E-state index contributed by atoms with van der Waals surface area (Å²) >= 11 is 11.8. The van der Waals surface area contributed by atoms with Crippen molar-refractivity contribution in [1.82, 2.24) is 0 Å². The highest BCUT2D eigenvalue weighted by molar-refractivity contribution is 6.35. The van der Waals surface area contributed by atoms with E-state index in [0.717, 1.165) is 0 Å². The molecule has 16 heavy (non-hydrogen) atoms. The molecule has 6 heteroatoms. The van der Waals surface area contributed by atoms with Gasteiger partial charge >= 0.3 is 5.97 Å². The number of carboxylic acids is 1. The Kier molecular flexibility index (Phi) is 4.86. The number of methoxy groups -OCH3 is 1. The maximum atomic E-state index is 10.7. The maximum Gasteiger partial charge on any atom is 0.308 e. The third-order valence-electron chi connectivity index (χ3n) is 1.80. The second-order valence-corrected chi connectivity index (χ2v) is 3.77. The molecule has 88 valence electrons. The summed E-state index contributed by atoms with van der Waals surface area (Å²) in [5.74, 6) is -0.759. The van der Waals surface area contributed by atoms with Crippen LogP contribution in [0, 0.1) is 0 Å². The van der Waals surface area contributed by atoms with Crippen LogP contribution in [-0.2, 0) is 16.0 Å². The minimum Gasteiger partial charge on any atom is -0.481 e. The van der Waals surface area contributed by atoms with Crippen molar-refractivity contribution in [2.75, 3.05) is 13.9 Å². The van der Waals surface area contributed by atoms with Gasteiger partial charge in [-0.3, -0.25) is 4.79 Å². The molecule has 0 saturated carbocycles. The Morgan fingerprint density at radius 3 is 2.56 bits per heavy atom. The molecule has 1 aromatic carbocycles. The molecule has 0 amide bonds. The zero-order valence-corrected chi connectivity index (χ0v) is 10.0. The van der Waals surface area contributed by atoms with E-state index < -0.39 is 5.97 Å². The SMILES string of the molecule is COCOc1c(Cl)ccc(Cl)c1CC(=O)O.